The quantitative estimate of drug-likeness (QED) is 0.394. The Morgan fingerprint density at radius 2 is 1.89 bits per heavy atom. The highest BCUT2D eigenvalue weighted by atomic mass is 16.5. The number of hydrogen-bond donors (Lipinski definition) is 0. The number of aryl methyl sites for hydroxylation is 1. The molecular formula is C22H20N4O2. The number of carbonyl (C=O) groups excluding carboxylic acids is 1. The first kappa shape index (κ1) is 17.7. The molecule has 0 saturated carbocycles. The van der Waals surface area contributed by atoms with Crippen LogP contribution in [-0.4, -0.2) is 25.1 Å². The topological polar surface area (TPSA) is 61.4 Å². The minimum absolute atomic E-state index is 0.131. The zero-order chi connectivity index (χ0) is 19.5. The summed E-state index contributed by atoms with van der Waals surface area (Å²) in [5.41, 5.74) is 5.24. The smallest absolute Gasteiger partial charge is 0.331 e. The Balaban J connectivity index is 1.45. The van der Waals surface area contributed by atoms with Crippen molar-refractivity contribution in [1.82, 2.24) is 19.2 Å². The molecule has 0 radical (unpaired) electrons. The molecule has 0 unspecified atom stereocenters. The maximum absolute atomic E-state index is 12.1. The number of aromatic nitrogens is 4. The van der Waals surface area contributed by atoms with Crippen LogP contribution < -0.4 is 0 Å². The van der Waals surface area contributed by atoms with Gasteiger partial charge >= 0.3 is 5.97 Å². The number of pyridine rings is 1. The van der Waals surface area contributed by atoms with Crippen molar-refractivity contribution in [3.63, 3.8) is 0 Å². The number of fused-ring (bicyclic) bond motifs is 1. The molecule has 0 fully saturated rings. The second-order valence-corrected chi connectivity index (χ2v) is 6.47. The molecule has 0 saturated heterocycles. The number of benzene rings is 1. The van der Waals surface area contributed by atoms with Crippen molar-refractivity contribution in [2.24, 2.45) is 0 Å². The molecule has 4 aromatic rings. The van der Waals surface area contributed by atoms with E-state index in [2.05, 4.69) is 10.1 Å². The summed E-state index contributed by atoms with van der Waals surface area (Å²) in [5.74, 6) is -0.414. The van der Waals surface area contributed by atoms with E-state index in [0.717, 1.165) is 28.3 Å². The lowest BCUT2D eigenvalue weighted by Gasteiger charge is -2.03. The minimum Gasteiger partial charge on any atom is -0.456 e. The van der Waals surface area contributed by atoms with Crippen molar-refractivity contribution in [3.05, 3.63) is 89.6 Å². The van der Waals surface area contributed by atoms with Crippen molar-refractivity contribution < 1.29 is 9.53 Å². The Labute approximate surface area is 162 Å². The fourth-order valence-corrected chi connectivity index (χ4v) is 3.12. The number of para-hydroxylation sites is 1. The molecule has 1 aromatic carbocycles. The van der Waals surface area contributed by atoms with Gasteiger partial charge in [0.15, 0.2) is 0 Å². The van der Waals surface area contributed by atoms with Gasteiger partial charge < -0.3 is 9.14 Å². The van der Waals surface area contributed by atoms with Gasteiger partial charge in [0.25, 0.3) is 0 Å². The third-order valence-electron chi connectivity index (χ3n) is 4.51. The summed E-state index contributed by atoms with van der Waals surface area (Å²) in [6, 6.07) is 15.6. The number of esters is 1. The predicted octanol–water partition coefficient (Wildman–Crippen LogP) is 3.89. The number of rotatable bonds is 5. The maximum Gasteiger partial charge on any atom is 0.331 e. The summed E-state index contributed by atoms with van der Waals surface area (Å²) in [5, 5.41) is 4.58. The normalized spacial score (nSPS) is 11.4. The third-order valence-corrected chi connectivity index (χ3v) is 4.51. The van der Waals surface area contributed by atoms with Crippen LogP contribution in [0.1, 0.15) is 22.6 Å². The lowest BCUT2D eigenvalue weighted by Crippen LogP contribution is -2.01. The van der Waals surface area contributed by atoms with Crippen LogP contribution in [0.4, 0.5) is 0 Å². The third kappa shape index (κ3) is 3.57. The number of carbonyl (C=O) groups is 1. The van der Waals surface area contributed by atoms with Crippen LogP contribution in [0.2, 0.25) is 0 Å². The van der Waals surface area contributed by atoms with Gasteiger partial charge in [-0.2, -0.15) is 5.10 Å². The molecule has 0 aliphatic rings. The van der Waals surface area contributed by atoms with Gasteiger partial charge in [0.2, 0.25) is 0 Å². The highest BCUT2D eigenvalue weighted by Gasteiger charge is 2.11. The fourth-order valence-electron chi connectivity index (χ4n) is 3.12. The molecule has 140 valence electrons. The van der Waals surface area contributed by atoms with E-state index < -0.39 is 5.97 Å². The lowest BCUT2D eigenvalue weighted by molar-refractivity contribution is -0.139. The Kier molecular flexibility index (Phi) is 4.76. The molecule has 6 nitrogen and oxygen atoms in total. The Morgan fingerprint density at radius 1 is 1.11 bits per heavy atom. The lowest BCUT2D eigenvalue weighted by atomic mass is 10.2. The fraction of sp³-hybridized carbons (Fsp3) is 0.136. The minimum atomic E-state index is -0.414. The molecule has 28 heavy (non-hydrogen) atoms. The first-order valence-corrected chi connectivity index (χ1v) is 9.01. The van der Waals surface area contributed by atoms with Crippen molar-refractivity contribution in [3.8, 4) is 5.69 Å². The van der Waals surface area contributed by atoms with Crippen LogP contribution in [0.3, 0.4) is 0 Å². The SMILES string of the molecule is Cc1nn(-c2ccccc2)c(C)c1C=CC(=O)OCc1cn2ccccc2n1. The van der Waals surface area contributed by atoms with E-state index in [9.17, 15) is 4.79 Å². The second kappa shape index (κ2) is 7.52. The van der Waals surface area contributed by atoms with Crippen LogP contribution >= 0.6 is 0 Å². The molecule has 4 rings (SSSR count). The Morgan fingerprint density at radius 3 is 2.68 bits per heavy atom. The average Bonchev–Trinajstić information content (AvgIpc) is 3.26. The molecule has 3 heterocycles. The molecule has 0 amide bonds. The van der Waals surface area contributed by atoms with Gasteiger partial charge in [-0.05, 0) is 44.2 Å². The maximum atomic E-state index is 12.1. The van der Waals surface area contributed by atoms with Gasteiger partial charge in [-0.25, -0.2) is 14.5 Å². The van der Waals surface area contributed by atoms with E-state index in [4.69, 9.17) is 4.74 Å². The summed E-state index contributed by atoms with van der Waals surface area (Å²) < 4.78 is 9.09. The van der Waals surface area contributed by atoms with Gasteiger partial charge in [-0.3, -0.25) is 0 Å². The van der Waals surface area contributed by atoms with Gasteiger partial charge in [0, 0.05) is 29.7 Å². The van der Waals surface area contributed by atoms with E-state index in [1.807, 2.05) is 83.9 Å². The molecule has 3 aromatic heterocycles. The molecule has 0 aliphatic heterocycles. The van der Waals surface area contributed by atoms with E-state index in [0.29, 0.717) is 5.69 Å². The second-order valence-electron chi connectivity index (χ2n) is 6.47. The van der Waals surface area contributed by atoms with Gasteiger partial charge in [0.05, 0.1) is 17.1 Å². The Bertz CT molecular complexity index is 1120. The largest absolute Gasteiger partial charge is 0.456 e. The number of imidazole rings is 1. The zero-order valence-corrected chi connectivity index (χ0v) is 15.7. The van der Waals surface area contributed by atoms with Gasteiger partial charge in [-0.15, -0.1) is 0 Å². The first-order valence-electron chi connectivity index (χ1n) is 9.01. The summed E-state index contributed by atoms with van der Waals surface area (Å²) in [6.07, 6.45) is 6.94. The van der Waals surface area contributed by atoms with Crippen molar-refractivity contribution in [2.75, 3.05) is 0 Å². The van der Waals surface area contributed by atoms with Crippen LogP contribution in [0.5, 0.6) is 0 Å². The van der Waals surface area contributed by atoms with Crippen LogP contribution in [-0.2, 0) is 16.1 Å². The summed E-state index contributed by atoms with van der Waals surface area (Å²) in [6.45, 7) is 4.04. The van der Waals surface area contributed by atoms with Gasteiger partial charge in [0.1, 0.15) is 12.3 Å². The molecular weight excluding hydrogens is 352 g/mol. The molecule has 0 spiro atoms. The average molecular weight is 372 g/mol. The number of ether oxygens (including phenoxy) is 1. The Hall–Kier alpha value is -3.67. The first-order chi connectivity index (χ1) is 13.6. The summed E-state index contributed by atoms with van der Waals surface area (Å²) in [4.78, 5) is 16.5. The molecule has 6 heteroatoms. The summed E-state index contributed by atoms with van der Waals surface area (Å²) >= 11 is 0. The monoisotopic (exact) mass is 372 g/mol. The summed E-state index contributed by atoms with van der Waals surface area (Å²) in [7, 11) is 0. The molecule has 0 bridgehead atoms. The number of hydrogen-bond acceptors (Lipinski definition) is 4. The van der Waals surface area contributed by atoms with Crippen molar-refractivity contribution >= 4 is 17.7 Å². The standard InChI is InChI=1S/C22H20N4O2/c1-16-20(17(2)26(24-16)19-8-4-3-5-9-19)11-12-22(27)28-15-18-14-25-13-7-6-10-21(25)23-18/h3-14H,15H2,1-2H3. The van der Waals surface area contributed by atoms with E-state index in [-0.39, 0.29) is 6.61 Å². The highest BCUT2D eigenvalue weighted by molar-refractivity contribution is 5.87. The van der Waals surface area contributed by atoms with Crippen molar-refractivity contribution in [1.29, 1.82) is 0 Å². The predicted molar refractivity (Wildman–Crippen MR) is 107 cm³/mol. The highest BCUT2D eigenvalue weighted by Crippen LogP contribution is 2.19. The van der Waals surface area contributed by atoms with E-state index in [1.165, 1.54) is 6.08 Å². The molecule has 0 aliphatic carbocycles. The van der Waals surface area contributed by atoms with Crippen LogP contribution in [0.15, 0.2) is 67.0 Å². The number of nitrogens with zero attached hydrogens (tertiary/aromatic N) is 4. The van der Waals surface area contributed by atoms with Gasteiger partial charge in [-0.1, -0.05) is 24.3 Å². The molecule has 0 N–H and O–H groups in total. The van der Waals surface area contributed by atoms with Crippen LogP contribution in [0, 0.1) is 13.8 Å². The zero-order valence-electron chi connectivity index (χ0n) is 15.7. The van der Waals surface area contributed by atoms with Crippen molar-refractivity contribution in [2.45, 2.75) is 20.5 Å². The van der Waals surface area contributed by atoms with E-state index >= 15 is 0 Å². The molecule has 0 atom stereocenters. The van der Waals surface area contributed by atoms with Crippen LogP contribution in [0.25, 0.3) is 17.4 Å². The van der Waals surface area contributed by atoms with E-state index in [1.54, 1.807) is 6.08 Å².